The van der Waals surface area contributed by atoms with Crippen LogP contribution < -0.4 is 5.62 Å². The molecule has 0 aromatic carbocycles. The van der Waals surface area contributed by atoms with Crippen LogP contribution in [0.2, 0.25) is 0 Å². The molecule has 0 saturated heterocycles. The molecule has 3 heteroatoms. The first-order valence-electron chi connectivity index (χ1n) is 8.62. The number of hydrogen-bond acceptors (Lipinski definition) is 1. The van der Waals surface area contributed by atoms with Crippen LogP contribution in [0.1, 0.15) is 92.2 Å². The Morgan fingerprint density at radius 1 is 0.818 bits per heavy atom. The lowest BCUT2D eigenvalue weighted by Crippen LogP contribution is -2.35. The van der Waals surface area contributed by atoms with Gasteiger partial charge in [0.05, 0.1) is 5.54 Å². The van der Waals surface area contributed by atoms with Crippen LogP contribution in [0.15, 0.2) is 4.99 Å². The number of nitrogens with zero attached hydrogens (tertiary/aromatic N) is 3. The van der Waals surface area contributed by atoms with Gasteiger partial charge in [-0.25, -0.2) is 4.99 Å². The summed E-state index contributed by atoms with van der Waals surface area (Å²) >= 11 is 0. The normalized spacial score (nSPS) is 13.3. The van der Waals surface area contributed by atoms with Crippen LogP contribution in [0.3, 0.4) is 0 Å². The van der Waals surface area contributed by atoms with Crippen LogP contribution in [-0.2, 0) is 0 Å². The van der Waals surface area contributed by atoms with Crippen LogP contribution >= 0.6 is 0 Å². The Hall–Kier alpha value is -0.990. The molecule has 0 radical (unpaired) electrons. The fraction of sp³-hybridized carbons (Fsp3) is 0.842. The topological polar surface area (TPSA) is 22.2 Å². The van der Waals surface area contributed by atoms with E-state index in [0.29, 0.717) is 12.1 Å². The maximum atomic E-state index is 5.23. The summed E-state index contributed by atoms with van der Waals surface area (Å²) in [4.78, 5) is 5.23. The van der Waals surface area contributed by atoms with E-state index in [-0.39, 0.29) is 11.0 Å². The minimum Gasteiger partial charge on any atom is -0.312 e. The number of imidazole rings is 1. The van der Waals surface area contributed by atoms with E-state index in [1.54, 1.807) is 0 Å². The van der Waals surface area contributed by atoms with Crippen molar-refractivity contribution < 1.29 is 0 Å². The number of hydrogen-bond donors (Lipinski definition) is 0. The standard InChI is InChI=1S/C19H37N3/c1-13(2)21-15(5)16(6)22(14(3)4)17(21)20-19(10,11)12-18(7,8)9/h13-14H,12H2,1-11H3. The highest BCUT2D eigenvalue weighted by molar-refractivity contribution is 5.13. The summed E-state index contributed by atoms with van der Waals surface area (Å²) in [5.74, 6) is 0. The molecule has 3 nitrogen and oxygen atoms in total. The maximum absolute atomic E-state index is 5.23. The van der Waals surface area contributed by atoms with Gasteiger partial charge in [-0.1, -0.05) is 20.8 Å². The van der Waals surface area contributed by atoms with Crippen molar-refractivity contribution in [3.63, 3.8) is 0 Å². The van der Waals surface area contributed by atoms with Crippen molar-refractivity contribution in [2.24, 2.45) is 10.4 Å². The van der Waals surface area contributed by atoms with E-state index in [9.17, 15) is 0 Å². The van der Waals surface area contributed by atoms with E-state index < -0.39 is 0 Å². The molecular formula is C19H37N3. The Balaban J connectivity index is 3.63. The summed E-state index contributed by atoms with van der Waals surface area (Å²) in [6.45, 7) is 24.8. The molecular weight excluding hydrogens is 270 g/mol. The molecule has 0 N–H and O–H groups in total. The Morgan fingerprint density at radius 3 is 1.45 bits per heavy atom. The van der Waals surface area contributed by atoms with Gasteiger partial charge in [0, 0.05) is 23.5 Å². The second-order valence-corrected chi connectivity index (χ2v) is 9.06. The summed E-state index contributed by atoms with van der Waals surface area (Å²) < 4.78 is 4.78. The second-order valence-electron chi connectivity index (χ2n) is 9.06. The van der Waals surface area contributed by atoms with Gasteiger partial charge in [-0.3, -0.25) is 0 Å². The van der Waals surface area contributed by atoms with Crippen LogP contribution in [-0.4, -0.2) is 14.7 Å². The molecule has 0 saturated carbocycles. The van der Waals surface area contributed by atoms with Crippen molar-refractivity contribution in [3.05, 3.63) is 17.0 Å². The number of aromatic nitrogens is 2. The molecule has 0 atom stereocenters. The van der Waals surface area contributed by atoms with E-state index in [1.165, 1.54) is 11.4 Å². The molecule has 1 heterocycles. The minimum absolute atomic E-state index is 0.0707. The van der Waals surface area contributed by atoms with Crippen molar-refractivity contribution in [1.82, 2.24) is 9.13 Å². The van der Waals surface area contributed by atoms with E-state index in [1.807, 2.05) is 0 Å². The van der Waals surface area contributed by atoms with Gasteiger partial charge in [0.1, 0.15) is 0 Å². The lowest BCUT2D eigenvalue weighted by molar-refractivity contribution is 0.279. The van der Waals surface area contributed by atoms with Crippen molar-refractivity contribution in [2.45, 2.75) is 100 Å². The van der Waals surface area contributed by atoms with Crippen LogP contribution in [0.25, 0.3) is 0 Å². The molecule has 0 amide bonds. The Morgan fingerprint density at radius 2 is 1.18 bits per heavy atom. The van der Waals surface area contributed by atoms with E-state index in [0.717, 1.165) is 12.0 Å². The summed E-state index contributed by atoms with van der Waals surface area (Å²) in [5.41, 5.74) is 3.98. The predicted molar refractivity (Wildman–Crippen MR) is 96.4 cm³/mol. The third-order valence-corrected chi connectivity index (χ3v) is 4.08. The Labute approximate surface area is 137 Å². The zero-order chi connectivity index (χ0) is 17.5. The fourth-order valence-corrected chi connectivity index (χ4v) is 3.72. The number of rotatable bonds is 4. The first-order chi connectivity index (χ1) is 9.77. The maximum Gasteiger partial charge on any atom is 0.206 e. The van der Waals surface area contributed by atoms with Crippen LogP contribution in [0.4, 0.5) is 0 Å². The quantitative estimate of drug-likeness (QED) is 0.731. The molecule has 1 aromatic heterocycles. The molecule has 128 valence electrons. The van der Waals surface area contributed by atoms with Gasteiger partial charge in [-0.05, 0) is 67.2 Å². The molecule has 0 bridgehead atoms. The molecule has 0 unspecified atom stereocenters. The third-order valence-electron chi connectivity index (χ3n) is 4.08. The molecule has 22 heavy (non-hydrogen) atoms. The zero-order valence-electron chi connectivity index (χ0n) is 16.7. The van der Waals surface area contributed by atoms with Gasteiger partial charge < -0.3 is 9.13 Å². The van der Waals surface area contributed by atoms with Gasteiger partial charge in [-0.2, -0.15) is 0 Å². The van der Waals surface area contributed by atoms with E-state index >= 15 is 0 Å². The zero-order valence-corrected chi connectivity index (χ0v) is 16.7. The van der Waals surface area contributed by atoms with Crippen LogP contribution in [0.5, 0.6) is 0 Å². The lowest BCUT2D eigenvalue weighted by atomic mass is 9.82. The predicted octanol–water partition coefficient (Wildman–Crippen LogP) is 5.18. The van der Waals surface area contributed by atoms with Crippen LogP contribution in [0, 0.1) is 19.3 Å². The monoisotopic (exact) mass is 307 g/mol. The average molecular weight is 308 g/mol. The smallest absolute Gasteiger partial charge is 0.206 e. The largest absolute Gasteiger partial charge is 0.312 e. The Bertz CT molecular complexity index is 541. The third kappa shape index (κ3) is 4.27. The van der Waals surface area contributed by atoms with E-state index in [2.05, 4.69) is 85.3 Å². The summed E-state index contributed by atoms with van der Waals surface area (Å²) in [7, 11) is 0. The average Bonchev–Trinajstić information content (AvgIpc) is 2.46. The molecule has 0 aliphatic heterocycles. The van der Waals surface area contributed by atoms with Gasteiger partial charge >= 0.3 is 0 Å². The SMILES string of the molecule is Cc1c(C)n(C(C)C)c(=NC(C)(C)CC(C)(C)C)n1C(C)C. The van der Waals surface area contributed by atoms with Gasteiger partial charge in [0.2, 0.25) is 5.62 Å². The summed E-state index contributed by atoms with van der Waals surface area (Å²) in [5, 5.41) is 0. The second kappa shape index (κ2) is 6.25. The van der Waals surface area contributed by atoms with Crippen molar-refractivity contribution >= 4 is 0 Å². The highest BCUT2D eigenvalue weighted by Crippen LogP contribution is 2.29. The highest BCUT2D eigenvalue weighted by Gasteiger charge is 2.26. The first-order valence-corrected chi connectivity index (χ1v) is 8.62. The molecule has 1 rings (SSSR count). The highest BCUT2D eigenvalue weighted by atomic mass is 15.2. The lowest BCUT2D eigenvalue weighted by Gasteiger charge is -2.29. The van der Waals surface area contributed by atoms with Crippen molar-refractivity contribution in [2.75, 3.05) is 0 Å². The van der Waals surface area contributed by atoms with Crippen molar-refractivity contribution in [1.29, 1.82) is 0 Å². The molecule has 0 aliphatic rings. The fourth-order valence-electron chi connectivity index (χ4n) is 3.72. The summed E-state index contributed by atoms with van der Waals surface area (Å²) in [6.07, 6.45) is 1.07. The molecule has 0 aliphatic carbocycles. The Kier molecular flexibility index (Phi) is 5.42. The van der Waals surface area contributed by atoms with Gasteiger partial charge in [-0.15, -0.1) is 0 Å². The molecule has 0 fully saturated rings. The molecule has 0 spiro atoms. The van der Waals surface area contributed by atoms with Gasteiger partial charge in [0.15, 0.2) is 0 Å². The molecule has 1 aromatic rings. The van der Waals surface area contributed by atoms with Gasteiger partial charge in [0.25, 0.3) is 0 Å². The summed E-state index contributed by atoms with van der Waals surface area (Å²) in [6, 6.07) is 0.839. The van der Waals surface area contributed by atoms with E-state index in [4.69, 9.17) is 4.99 Å². The van der Waals surface area contributed by atoms with Crippen molar-refractivity contribution in [3.8, 4) is 0 Å². The minimum atomic E-state index is -0.0707. The first kappa shape index (κ1) is 19.1.